The molecule has 0 spiro atoms. The molecule has 0 saturated carbocycles. The Labute approximate surface area is 104 Å². The predicted octanol–water partition coefficient (Wildman–Crippen LogP) is 3.57. The zero-order valence-electron chi connectivity index (χ0n) is 11.1. The van der Waals surface area contributed by atoms with Crippen LogP contribution >= 0.6 is 0 Å². The molecule has 2 rings (SSSR count). The number of hydrogen-bond acceptors (Lipinski definition) is 1. The fraction of sp³-hybridized carbons (Fsp3) is 0.533. The summed E-state index contributed by atoms with van der Waals surface area (Å²) in [7, 11) is 0. The maximum Gasteiger partial charge on any atom is 0.224 e. The highest BCUT2D eigenvalue weighted by atomic mass is 16.2. The van der Waals surface area contributed by atoms with Crippen LogP contribution in [0.3, 0.4) is 0 Å². The van der Waals surface area contributed by atoms with Gasteiger partial charge in [-0.05, 0) is 36.8 Å². The number of hydrogen-bond donors (Lipinski definition) is 0. The van der Waals surface area contributed by atoms with Crippen LogP contribution in [0.25, 0.3) is 0 Å². The minimum absolute atomic E-state index is 0.145. The van der Waals surface area contributed by atoms with E-state index < -0.39 is 0 Å². The maximum absolute atomic E-state index is 11.8. The van der Waals surface area contributed by atoms with Gasteiger partial charge in [-0.15, -0.1) is 0 Å². The molecule has 0 N–H and O–H groups in total. The number of carbonyl (C=O) groups excluding carboxylic acids is 1. The summed E-state index contributed by atoms with van der Waals surface area (Å²) < 4.78 is 0. The second-order valence-electron chi connectivity index (χ2n) is 5.06. The van der Waals surface area contributed by atoms with Crippen LogP contribution in [0.5, 0.6) is 0 Å². The second kappa shape index (κ2) is 4.52. The first kappa shape index (κ1) is 12.2. The lowest BCUT2D eigenvalue weighted by atomic mass is 9.76. The third kappa shape index (κ3) is 1.86. The Hall–Kier alpha value is -1.31. The molecule has 0 bridgehead atoms. The number of anilines is 1. The highest BCUT2D eigenvalue weighted by molar-refractivity contribution is 5.93. The Kier molecular flexibility index (Phi) is 3.23. The maximum atomic E-state index is 11.8. The van der Waals surface area contributed by atoms with Crippen molar-refractivity contribution in [3.05, 3.63) is 29.8 Å². The van der Waals surface area contributed by atoms with E-state index >= 15 is 0 Å². The molecule has 3 atom stereocenters. The van der Waals surface area contributed by atoms with Crippen LogP contribution in [0, 0.1) is 5.92 Å². The zero-order valence-corrected chi connectivity index (χ0v) is 11.1. The molecule has 17 heavy (non-hydrogen) atoms. The normalized spacial score (nSPS) is 27.8. The lowest BCUT2D eigenvalue weighted by Crippen LogP contribution is -2.46. The molecule has 2 heteroatoms. The summed E-state index contributed by atoms with van der Waals surface area (Å²) in [6.45, 7) is 8.30. The fourth-order valence-electron chi connectivity index (χ4n) is 3.14. The largest absolute Gasteiger partial charge is 0.309 e. The van der Waals surface area contributed by atoms with Gasteiger partial charge in [-0.25, -0.2) is 0 Å². The molecular weight excluding hydrogens is 210 g/mol. The van der Waals surface area contributed by atoms with Crippen molar-refractivity contribution in [3.8, 4) is 0 Å². The zero-order chi connectivity index (χ0) is 12.6. The minimum Gasteiger partial charge on any atom is -0.309 e. The molecule has 0 radical (unpaired) electrons. The fourth-order valence-corrected chi connectivity index (χ4v) is 3.14. The van der Waals surface area contributed by atoms with Crippen LogP contribution in [-0.2, 0) is 4.79 Å². The molecular formula is C15H21NO. The molecule has 1 heterocycles. The van der Waals surface area contributed by atoms with Gasteiger partial charge in [0, 0.05) is 18.7 Å². The molecule has 2 nitrogen and oxygen atoms in total. The van der Waals surface area contributed by atoms with E-state index in [4.69, 9.17) is 0 Å². The van der Waals surface area contributed by atoms with Crippen molar-refractivity contribution < 1.29 is 4.79 Å². The van der Waals surface area contributed by atoms with Crippen LogP contribution in [0.2, 0.25) is 0 Å². The van der Waals surface area contributed by atoms with E-state index in [2.05, 4.69) is 39.0 Å². The summed E-state index contributed by atoms with van der Waals surface area (Å²) >= 11 is 0. The number of para-hydroxylation sites is 1. The van der Waals surface area contributed by atoms with Crippen LogP contribution < -0.4 is 4.90 Å². The smallest absolute Gasteiger partial charge is 0.224 e. The number of amides is 1. The average Bonchev–Trinajstić information content (AvgIpc) is 2.30. The lowest BCUT2D eigenvalue weighted by Gasteiger charge is -2.43. The van der Waals surface area contributed by atoms with Gasteiger partial charge in [0.1, 0.15) is 0 Å². The highest BCUT2D eigenvalue weighted by Gasteiger charge is 2.36. The summed E-state index contributed by atoms with van der Waals surface area (Å²) in [5.41, 5.74) is 2.44. The average molecular weight is 231 g/mol. The van der Waals surface area contributed by atoms with E-state index in [1.807, 2.05) is 11.0 Å². The van der Waals surface area contributed by atoms with E-state index in [0.29, 0.717) is 11.8 Å². The van der Waals surface area contributed by atoms with Crippen LogP contribution in [0.4, 0.5) is 5.69 Å². The van der Waals surface area contributed by atoms with E-state index in [9.17, 15) is 4.79 Å². The Morgan fingerprint density at radius 2 is 1.94 bits per heavy atom. The number of rotatable bonds is 1. The van der Waals surface area contributed by atoms with Crippen LogP contribution in [-0.4, -0.2) is 11.9 Å². The van der Waals surface area contributed by atoms with Crippen molar-refractivity contribution in [1.29, 1.82) is 0 Å². The number of carbonyl (C=O) groups is 1. The Morgan fingerprint density at radius 1 is 1.29 bits per heavy atom. The second-order valence-corrected chi connectivity index (χ2v) is 5.06. The first-order chi connectivity index (χ1) is 8.07. The highest BCUT2D eigenvalue weighted by Crippen LogP contribution is 2.43. The third-order valence-corrected chi connectivity index (χ3v) is 4.18. The van der Waals surface area contributed by atoms with Gasteiger partial charge >= 0.3 is 0 Å². The summed E-state index contributed by atoms with van der Waals surface area (Å²) in [6.07, 6.45) is 1.13. The number of benzene rings is 1. The van der Waals surface area contributed by atoms with Crippen molar-refractivity contribution in [2.75, 3.05) is 4.90 Å². The van der Waals surface area contributed by atoms with E-state index in [-0.39, 0.29) is 11.9 Å². The molecule has 1 aromatic carbocycles. The van der Waals surface area contributed by atoms with Crippen molar-refractivity contribution in [2.24, 2.45) is 5.92 Å². The summed E-state index contributed by atoms with van der Waals surface area (Å²) in [5, 5.41) is 0. The summed E-state index contributed by atoms with van der Waals surface area (Å²) in [5.74, 6) is 1.22. The molecule has 1 amide bonds. The predicted molar refractivity (Wildman–Crippen MR) is 71.3 cm³/mol. The van der Waals surface area contributed by atoms with E-state index in [0.717, 1.165) is 12.1 Å². The van der Waals surface area contributed by atoms with Crippen molar-refractivity contribution >= 4 is 11.6 Å². The molecule has 0 unspecified atom stereocenters. The summed E-state index contributed by atoms with van der Waals surface area (Å²) in [4.78, 5) is 13.8. The Bertz CT molecular complexity index is 427. The van der Waals surface area contributed by atoms with E-state index in [1.54, 1.807) is 6.92 Å². The standard InChI is InChI=1S/C15H21NO/c1-5-13-10(2)11(3)16(12(4)17)15-9-7-6-8-14(13)15/h6-11,13H,5H2,1-4H3/t10-,11-,13+/m0/s1. The molecule has 1 aliphatic heterocycles. The third-order valence-electron chi connectivity index (χ3n) is 4.18. The molecule has 0 aromatic heterocycles. The molecule has 0 aliphatic carbocycles. The first-order valence-electron chi connectivity index (χ1n) is 6.46. The van der Waals surface area contributed by atoms with Gasteiger partial charge in [0.05, 0.1) is 0 Å². The molecule has 0 fully saturated rings. The quantitative estimate of drug-likeness (QED) is 0.723. The number of fused-ring (bicyclic) bond motifs is 1. The SMILES string of the molecule is CC[C@H]1c2ccccc2N(C(C)=O)[C@@H](C)[C@@H]1C. The molecule has 0 saturated heterocycles. The molecule has 92 valence electrons. The number of nitrogens with zero attached hydrogens (tertiary/aromatic N) is 1. The van der Waals surface area contributed by atoms with Gasteiger partial charge in [0.2, 0.25) is 5.91 Å². The Balaban J connectivity index is 2.56. The van der Waals surface area contributed by atoms with Gasteiger partial charge in [-0.2, -0.15) is 0 Å². The minimum atomic E-state index is 0.145. The van der Waals surface area contributed by atoms with Crippen LogP contribution in [0.1, 0.15) is 45.6 Å². The van der Waals surface area contributed by atoms with Crippen molar-refractivity contribution in [3.63, 3.8) is 0 Å². The molecule has 1 aliphatic rings. The van der Waals surface area contributed by atoms with E-state index in [1.165, 1.54) is 5.56 Å². The first-order valence-corrected chi connectivity index (χ1v) is 6.46. The molecule has 1 aromatic rings. The van der Waals surface area contributed by atoms with Gasteiger partial charge in [-0.3, -0.25) is 4.79 Å². The van der Waals surface area contributed by atoms with Crippen molar-refractivity contribution in [2.45, 2.75) is 46.1 Å². The van der Waals surface area contributed by atoms with Crippen molar-refractivity contribution in [1.82, 2.24) is 0 Å². The monoisotopic (exact) mass is 231 g/mol. The van der Waals surface area contributed by atoms with Gasteiger partial charge in [-0.1, -0.05) is 32.0 Å². The van der Waals surface area contributed by atoms with Gasteiger partial charge < -0.3 is 4.90 Å². The summed E-state index contributed by atoms with van der Waals surface area (Å²) in [6, 6.07) is 8.61. The lowest BCUT2D eigenvalue weighted by molar-refractivity contribution is -0.117. The topological polar surface area (TPSA) is 20.3 Å². The van der Waals surface area contributed by atoms with Gasteiger partial charge in [0.25, 0.3) is 0 Å². The van der Waals surface area contributed by atoms with Gasteiger partial charge in [0.15, 0.2) is 0 Å². The Morgan fingerprint density at radius 3 is 2.53 bits per heavy atom. The van der Waals surface area contributed by atoms with Crippen LogP contribution in [0.15, 0.2) is 24.3 Å².